The van der Waals surface area contributed by atoms with E-state index in [9.17, 15) is 22.4 Å². The van der Waals surface area contributed by atoms with Gasteiger partial charge in [-0.15, -0.1) is 11.6 Å². The minimum Gasteiger partial charge on any atom is -0.352 e. The molecule has 2 saturated heterocycles. The summed E-state index contributed by atoms with van der Waals surface area (Å²) in [6.45, 7) is 2.78. The fourth-order valence-electron chi connectivity index (χ4n) is 6.59. The maximum Gasteiger partial charge on any atom is 0.397 e. The summed E-state index contributed by atoms with van der Waals surface area (Å²) >= 11 is 6.41. The largest absolute Gasteiger partial charge is 0.397 e. The van der Waals surface area contributed by atoms with E-state index in [-0.39, 0.29) is 42.0 Å². The number of carbonyl (C=O) groups is 1. The molecule has 0 spiro atoms. The van der Waals surface area contributed by atoms with Gasteiger partial charge >= 0.3 is 6.18 Å². The molecule has 3 fully saturated rings. The number of nitrogens with one attached hydrogen (secondary N) is 2. The topological polar surface area (TPSA) is 84.7 Å². The van der Waals surface area contributed by atoms with Crippen molar-refractivity contribution >= 4 is 35.9 Å². The Morgan fingerprint density at radius 3 is 2.63 bits per heavy atom. The quantitative estimate of drug-likeness (QED) is 0.399. The van der Waals surface area contributed by atoms with Crippen molar-refractivity contribution in [1.82, 2.24) is 20.4 Å². The van der Waals surface area contributed by atoms with Crippen LogP contribution in [0.1, 0.15) is 38.5 Å². The molecule has 0 radical (unpaired) electrons. The summed E-state index contributed by atoms with van der Waals surface area (Å²) in [6.07, 6.45) is 0.848. The molecule has 8 atom stereocenters. The van der Waals surface area contributed by atoms with Gasteiger partial charge in [-0.3, -0.25) is 19.7 Å². The molecular weight excluding hydrogens is 526 g/mol. The molecule has 4 aliphatic heterocycles. The predicted octanol–water partition coefficient (Wildman–Crippen LogP) is 2.62. The first-order chi connectivity index (χ1) is 18.1. The number of amides is 1. The molecule has 4 heterocycles. The van der Waals surface area contributed by atoms with Crippen molar-refractivity contribution in [2.45, 2.75) is 74.5 Å². The number of halogens is 5. The van der Waals surface area contributed by atoms with Crippen molar-refractivity contribution in [3.63, 3.8) is 0 Å². The van der Waals surface area contributed by atoms with E-state index in [1.807, 2.05) is 6.21 Å². The highest BCUT2D eigenvalue weighted by atomic mass is 35.5. The summed E-state index contributed by atoms with van der Waals surface area (Å²) in [5.74, 6) is 0.231. The van der Waals surface area contributed by atoms with E-state index in [2.05, 4.69) is 25.5 Å². The average Bonchev–Trinajstić information content (AvgIpc) is 3.25. The van der Waals surface area contributed by atoms with Crippen LogP contribution in [0.4, 0.5) is 17.6 Å². The third-order valence-electron chi connectivity index (χ3n) is 8.52. The molecule has 8 unspecified atom stereocenters. The number of guanidine groups is 1. The first-order valence-corrected chi connectivity index (χ1v) is 14.1. The number of piperazine rings is 1. The average molecular weight is 562 g/mol. The van der Waals surface area contributed by atoms with Crippen molar-refractivity contribution in [3.8, 4) is 0 Å². The molecule has 0 aromatic heterocycles. The minimum absolute atomic E-state index is 0.183. The van der Waals surface area contributed by atoms with Gasteiger partial charge in [-0.05, 0) is 43.9 Å². The Morgan fingerprint density at radius 1 is 1.13 bits per heavy atom. The van der Waals surface area contributed by atoms with Crippen LogP contribution in [0.3, 0.4) is 0 Å². The van der Waals surface area contributed by atoms with E-state index in [0.717, 1.165) is 44.6 Å². The molecule has 1 amide bonds. The van der Waals surface area contributed by atoms with Crippen LogP contribution >= 0.6 is 11.6 Å². The van der Waals surface area contributed by atoms with Crippen molar-refractivity contribution < 1.29 is 22.4 Å². The lowest BCUT2D eigenvalue weighted by Gasteiger charge is -2.39. The zero-order valence-electron chi connectivity index (χ0n) is 21.3. The third-order valence-corrected chi connectivity index (χ3v) is 8.93. The van der Waals surface area contributed by atoms with Gasteiger partial charge in [0.05, 0.1) is 11.9 Å². The Labute approximate surface area is 225 Å². The Morgan fingerprint density at radius 2 is 1.89 bits per heavy atom. The van der Waals surface area contributed by atoms with Gasteiger partial charge in [0, 0.05) is 63.2 Å². The lowest BCUT2D eigenvalue weighted by Crippen LogP contribution is -2.50. The monoisotopic (exact) mass is 561 g/mol. The summed E-state index contributed by atoms with van der Waals surface area (Å²) < 4.78 is 52.2. The molecule has 5 rings (SSSR count). The first kappa shape index (κ1) is 27.6. The Bertz CT molecular complexity index is 939. The number of nitrogens with zero attached hydrogens (tertiary/aromatic N) is 5. The molecule has 2 N–H and O–H groups in total. The molecule has 1 aliphatic carbocycles. The smallest absolute Gasteiger partial charge is 0.352 e. The molecule has 0 bridgehead atoms. The number of alkyl halides is 5. The normalized spacial score (nSPS) is 39.1. The van der Waals surface area contributed by atoms with E-state index < -0.39 is 24.7 Å². The van der Waals surface area contributed by atoms with Crippen LogP contribution in [-0.2, 0) is 4.79 Å². The fraction of sp³-hybridized carbons (Fsp3) is 0.840. The van der Waals surface area contributed by atoms with Crippen LogP contribution in [-0.4, -0.2) is 109 Å². The van der Waals surface area contributed by atoms with Gasteiger partial charge in [0.2, 0.25) is 5.91 Å². The Kier molecular flexibility index (Phi) is 8.47. The van der Waals surface area contributed by atoms with Gasteiger partial charge in [0.1, 0.15) is 18.8 Å². The fourth-order valence-corrected chi connectivity index (χ4v) is 7.03. The molecule has 212 valence electrons. The van der Waals surface area contributed by atoms with Gasteiger partial charge in [-0.2, -0.15) is 13.2 Å². The number of aliphatic imine (C=N–C) groups is 3. The molecule has 0 aromatic carbocycles. The van der Waals surface area contributed by atoms with E-state index in [4.69, 9.17) is 16.6 Å². The van der Waals surface area contributed by atoms with Crippen LogP contribution in [0.25, 0.3) is 0 Å². The maximum absolute atomic E-state index is 14.6. The predicted molar refractivity (Wildman–Crippen MR) is 139 cm³/mol. The zero-order chi connectivity index (χ0) is 26.9. The second kappa shape index (κ2) is 11.7. The molecular formula is C25H36ClF4N7O. The second-order valence-corrected chi connectivity index (χ2v) is 11.7. The third kappa shape index (κ3) is 6.78. The van der Waals surface area contributed by atoms with Gasteiger partial charge < -0.3 is 15.5 Å². The van der Waals surface area contributed by atoms with Gasteiger partial charge in [0.15, 0.2) is 5.96 Å². The van der Waals surface area contributed by atoms with E-state index in [1.165, 1.54) is 4.90 Å². The van der Waals surface area contributed by atoms with E-state index in [0.29, 0.717) is 32.1 Å². The maximum atomic E-state index is 14.6. The van der Waals surface area contributed by atoms with E-state index in [1.54, 1.807) is 6.21 Å². The number of carbonyl (C=O) groups excluding carboxylic acids is 1. The second-order valence-electron chi connectivity index (χ2n) is 11.2. The Hall–Kier alpha value is -1.95. The molecule has 0 aromatic rings. The van der Waals surface area contributed by atoms with Crippen LogP contribution in [0.15, 0.2) is 15.0 Å². The summed E-state index contributed by atoms with van der Waals surface area (Å²) in [5, 5.41) is 6.64. The highest BCUT2D eigenvalue weighted by Crippen LogP contribution is 2.39. The number of rotatable bonds is 5. The van der Waals surface area contributed by atoms with Crippen LogP contribution in [0.5, 0.6) is 0 Å². The summed E-state index contributed by atoms with van der Waals surface area (Å²) in [7, 11) is 0. The highest BCUT2D eigenvalue weighted by molar-refractivity contribution is 6.28. The highest BCUT2D eigenvalue weighted by Gasteiger charge is 2.44. The lowest BCUT2D eigenvalue weighted by atomic mass is 9.73. The van der Waals surface area contributed by atoms with Gasteiger partial charge in [-0.1, -0.05) is 0 Å². The lowest BCUT2D eigenvalue weighted by molar-refractivity contribution is -0.162. The summed E-state index contributed by atoms with van der Waals surface area (Å²) in [4.78, 5) is 28.8. The molecule has 1 saturated carbocycles. The number of hydrogen-bond acceptors (Lipinski definition) is 5. The summed E-state index contributed by atoms with van der Waals surface area (Å²) in [5.41, 5.74) is 0. The molecule has 38 heavy (non-hydrogen) atoms. The van der Waals surface area contributed by atoms with Crippen molar-refractivity contribution in [2.75, 3.05) is 39.3 Å². The Balaban J connectivity index is 1.09. The van der Waals surface area contributed by atoms with E-state index >= 15 is 0 Å². The minimum atomic E-state index is -4.47. The van der Waals surface area contributed by atoms with Crippen molar-refractivity contribution in [3.05, 3.63) is 0 Å². The van der Waals surface area contributed by atoms with Gasteiger partial charge in [0.25, 0.3) is 0 Å². The van der Waals surface area contributed by atoms with Gasteiger partial charge in [-0.25, -0.2) is 9.38 Å². The van der Waals surface area contributed by atoms with Crippen LogP contribution < -0.4 is 10.6 Å². The first-order valence-electron chi connectivity index (χ1n) is 13.6. The summed E-state index contributed by atoms with van der Waals surface area (Å²) in [6, 6.07) is 0.441. The van der Waals surface area contributed by atoms with Crippen LogP contribution in [0.2, 0.25) is 0 Å². The molecule has 8 nitrogen and oxygen atoms in total. The molecule has 13 heteroatoms. The zero-order valence-corrected chi connectivity index (χ0v) is 22.0. The standard InChI is InChI=1S/C25H36ClF4N7O/c26-17-12-31-13-18(27)23(17)16-1-2-19-20(10-16)34-24(33-19)35-21-9-15(3-4-32-21)14-36-5-7-37(8-6-36)22(38)11-25(28,29)30/h4,12,15-21,23H,1-3,5-11,13-14H2,(H2,33,34,35). The number of hydrogen-bond donors (Lipinski definition) is 2. The SMILES string of the molecule is O=C(CC(F)(F)F)N1CCN(CC2CC=NC(N=C3NC4CCC(C5C(Cl)C=NCC5F)CC4N3)C2)CC1. The number of fused-ring (bicyclic) bond motifs is 1. The van der Waals surface area contributed by atoms with Crippen molar-refractivity contribution in [1.29, 1.82) is 0 Å². The molecule has 5 aliphatic rings. The van der Waals surface area contributed by atoms with Crippen molar-refractivity contribution in [2.24, 2.45) is 32.7 Å². The van der Waals surface area contributed by atoms with Crippen LogP contribution in [0, 0.1) is 17.8 Å².